The molecule has 2 heterocycles. The fourth-order valence-corrected chi connectivity index (χ4v) is 5.40. The Hall–Kier alpha value is -3.85. The van der Waals surface area contributed by atoms with Gasteiger partial charge in [-0.3, -0.25) is 9.36 Å². The highest BCUT2D eigenvalue weighted by Crippen LogP contribution is 2.36. The molecule has 0 unspecified atom stereocenters. The Morgan fingerprint density at radius 1 is 1.11 bits per heavy atom. The fraction of sp³-hybridized carbons (Fsp3) is 0.345. The number of nitrogens with zero attached hydrogens (tertiary/aromatic N) is 2. The van der Waals surface area contributed by atoms with E-state index in [2.05, 4.69) is 4.99 Å². The predicted molar refractivity (Wildman–Crippen MR) is 147 cm³/mol. The van der Waals surface area contributed by atoms with Crippen molar-refractivity contribution in [1.82, 2.24) is 4.57 Å². The fourth-order valence-electron chi connectivity index (χ4n) is 4.36. The lowest BCUT2D eigenvalue weighted by molar-refractivity contribution is -0.139. The van der Waals surface area contributed by atoms with Gasteiger partial charge in [0.25, 0.3) is 5.56 Å². The molecule has 4 rings (SSSR count). The summed E-state index contributed by atoms with van der Waals surface area (Å²) >= 11 is 1.26. The third-order valence-electron chi connectivity index (χ3n) is 5.88. The molecule has 0 saturated heterocycles. The molecule has 1 atom stereocenters. The smallest absolute Gasteiger partial charge is 0.338 e. The van der Waals surface area contributed by atoms with Gasteiger partial charge in [-0.2, -0.15) is 0 Å². The molecule has 3 aromatic rings. The summed E-state index contributed by atoms with van der Waals surface area (Å²) in [6.07, 6.45) is 1.70. The minimum absolute atomic E-state index is 0.0993. The summed E-state index contributed by atoms with van der Waals surface area (Å²) in [5, 5.41) is 0. The van der Waals surface area contributed by atoms with Crippen LogP contribution in [0.3, 0.4) is 0 Å². The number of carbonyl (C=O) groups excluding carboxylic acids is 1. The highest BCUT2D eigenvalue weighted by Gasteiger charge is 2.35. The van der Waals surface area contributed by atoms with Gasteiger partial charge >= 0.3 is 5.97 Å². The number of benzene rings is 2. The summed E-state index contributed by atoms with van der Waals surface area (Å²) in [4.78, 5) is 32.2. The summed E-state index contributed by atoms with van der Waals surface area (Å²) in [6, 6.07) is 12.2. The summed E-state index contributed by atoms with van der Waals surface area (Å²) in [5.74, 6) is 1.29. The molecule has 2 aromatic carbocycles. The second-order valence-electron chi connectivity index (χ2n) is 8.85. The zero-order chi connectivity index (χ0) is 27.4. The van der Waals surface area contributed by atoms with Gasteiger partial charge in [0.1, 0.15) is 11.8 Å². The Kier molecular flexibility index (Phi) is 8.36. The number of hydrogen-bond donors (Lipinski definition) is 0. The first kappa shape index (κ1) is 27.2. The molecule has 8 nitrogen and oxygen atoms in total. The summed E-state index contributed by atoms with van der Waals surface area (Å²) < 4.78 is 24.6. The highest BCUT2D eigenvalue weighted by atomic mass is 32.1. The van der Waals surface area contributed by atoms with Crippen molar-refractivity contribution in [1.29, 1.82) is 0 Å². The third kappa shape index (κ3) is 5.38. The average Bonchev–Trinajstić information content (AvgIpc) is 3.18. The molecule has 0 fully saturated rings. The average molecular weight is 537 g/mol. The van der Waals surface area contributed by atoms with E-state index in [0.29, 0.717) is 50.0 Å². The Labute approximate surface area is 225 Å². The minimum Gasteiger partial charge on any atom is -0.493 e. The van der Waals surface area contributed by atoms with Crippen molar-refractivity contribution >= 4 is 23.4 Å². The van der Waals surface area contributed by atoms with Gasteiger partial charge in [-0.15, -0.1) is 0 Å². The topological polar surface area (TPSA) is 88.4 Å². The predicted octanol–water partition coefficient (Wildman–Crippen LogP) is 3.99. The van der Waals surface area contributed by atoms with Gasteiger partial charge in [0.2, 0.25) is 0 Å². The minimum atomic E-state index is -0.753. The van der Waals surface area contributed by atoms with Crippen LogP contribution in [-0.4, -0.2) is 37.0 Å². The Bertz CT molecular complexity index is 1550. The number of fused-ring (bicyclic) bond motifs is 1. The number of hydrogen-bond acceptors (Lipinski definition) is 8. The van der Waals surface area contributed by atoms with E-state index in [9.17, 15) is 9.59 Å². The maximum absolute atomic E-state index is 13.9. The quantitative estimate of drug-likeness (QED) is 0.384. The summed E-state index contributed by atoms with van der Waals surface area (Å²) in [6.45, 7) is 9.96. The molecule has 38 heavy (non-hydrogen) atoms. The highest BCUT2D eigenvalue weighted by molar-refractivity contribution is 7.07. The van der Waals surface area contributed by atoms with Crippen molar-refractivity contribution < 1.29 is 23.7 Å². The van der Waals surface area contributed by atoms with Crippen LogP contribution in [0.1, 0.15) is 51.8 Å². The molecular weight excluding hydrogens is 504 g/mol. The molecule has 200 valence electrons. The normalized spacial score (nSPS) is 15.2. The Morgan fingerprint density at radius 2 is 1.87 bits per heavy atom. The van der Waals surface area contributed by atoms with Crippen molar-refractivity contribution in [3.05, 3.63) is 84.5 Å². The van der Waals surface area contributed by atoms with Crippen molar-refractivity contribution in [2.75, 3.05) is 20.3 Å². The Morgan fingerprint density at radius 3 is 2.55 bits per heavy atom. The number of aromatic nitrogens is 1. The molecule has 0 saturated carbocycles. The van der Waals surface area contributed by atoms with Crippen LogP contribution in [0.15, 0.2) is 63.5 Å². The molecule has 0 amide bonds. The Balaban J connectivity index is 1.94. The standard InChI is InChI=1S/C29H32N2O6S/c1-7-35-23-15-19(13-14-22(23)34-6)16-24-27(32)31-26(20-11-9-10-12-21(20)37-17(3)4)25(28(33)36-8-2)18(5)30-29(31)38-24/h9-17,26H,7-8H2,1-6H3/b24-16+/t26-/m0/s1. The first-order valence-electron chi connectivity index (χ1n) is 12.5. The summed E-state index contributed by atoms with van der Waals surface area (Å²) in [7, 11) is 1.58. The molecule has 1 aliphatic heterocycles. The van der Waals surface area contributed by atoms with Gasteiger partial charge in [-0.05, 0) is 64.5 Å². The van der Waals surface area contributed by atoms with Crippen LogP contribution in [0, 0.1) is 0 Å². The van der Waals surface area contributed by atoms with Gasteiger partial charge in [-0.25, -0.2) is 9.79 Å². The molecule has 0 aliphatic carbocycles. The maximum atomic E-state index is 13.9. The van der Waals surface area contributed by atoms with Crippen LogP contribution < -0.4 is 29.1 Å². The molecule has 0 spiro atoms. The van der Waals surface area contributed by atoms with Gasteiger partial charge in [-0.1, -0.05) is 35.6 Å². The largest absolute Gasteiger partial charge is 0.493 e. The number of carbonyl (C=O) groups is 1. The zero-order valence-electron chi connectivity index (χ0n) is 22.4. The number of methoxy groups -OCH3 is 1. The first-order chi connectivity index (χ1) is 18.3. The van der Waals surface area contributed by atoms with Gasteiger partial charge in [0.05, 0.1) is 42.2 Å². The molecule has 0 radical (unpaired) electrons. The second-order valence-corrected chi connectivity index (χ2v) is 9.86. The van der Waals surface area contributed by atoms with Crippen molar-refractivity contribution in [2.45, 2.75) is 46.8 Å². The number of thiazole rings is 1. The van der Waals surface area contributed by atoms with Gasteiger partial charge in [0.15, 0.2) is 16.3 Å². The maximum Gasteiger partial charge on any atom is 0.338 e. The molecule has 0 bridgehead atoms. The third-order valence-corrected chi connectivity index (χ3v) is 6.86. The van der Waals surface area contributed by atoms with E-state index in [1.807, 2.05) is 57.2 Å². The van der Waals surface area contributed by atoms with E-state index in [4.69, 9.17) is 18.9 Å². The molecule has 1 aliphatic rings. The molecule has 9 heteroatoms. The lowest BCUT2D eigenvalue weighted by Crippen LogP contribution is -2.40. The van der Waals surface area contributed by atoms with E-state index < -0.39 is 12.0 Å². The lowest BCUT2D eigenvalue weighted by Gasteiger charge is -2.26. The van der Waals surface area contributed by atoms with Crippen LogP contribution >= 0.6 is 11.3 Å². The second kappa shape index (κ2) is 11.7. The van der Waals surface area contributed by atoms with E-state index in [1.165, 1.54) is 11.3 Å². The van der Waals surface area contributed by atoms with Gasteiger partial charge in [0, 0.05) is 5.56 Å². The SMILES string of the molecule is CCOC(=O)C1=C(C)N=c2s/c(=C/c3ccc(OC)c(OCC)c3)c(=O)n2[C@H]1c1ccccc1OC(C)C. The number of ether oxygens (including phenoxy) is 4. The number of esters is 1. The van der Waals surface area contributed by atoms with Crippen molar-refractivity contribution in [3.8, 4) is 17.2 Å². The van der Waals surface area contributed by atoms with Crippen LogP contribution in [0.25, 0.3) is 6.08 Å². The molecular formula is C29H32N2O6S. The van der Waals surface area contributed by atoms with E-state index in [-0.39, 0.29) is 18.3 Å². The molecule has 0 N–H and O–H groups in total. The van der Waals surface area contributed by atoms with Crippen LogP contribution in [0.5, 0.6) is 17.2 Å². The van der Waals surface area contributed by atoms with Crippen molar-refractivity contribution in [2.24, 2.45) is 4.99 Å². The molecule has 1 aromatic heterocycles. The van der Waals surface area contributed by atoms with Gasteiger partial charge < -0.3 is 18.9 Å². The van der Waals surface area contributed by atoms with Crippen LogP contribution in [-0.2, 0) is 9.53 Å². The zero-order valence-corrected chi connectivity index (χ0v) is 23.3. The lowest BCUT2D eigenvalue weighted by atomic mass is 9.95. The van der Waals surface area contributed by atoms with E-state index >= 15 is 0 Å². The summed E-state index contributed by atoms with van der Waals surface area (Å²) in [5.41, 5.74) is 2.02. The van der Waals surface area contributed by atoms with E-state index in [1.54, 1.807) is 37.7 Å². The first-order valence-corrected chi connectivity index (χ1v) is 13.4. The van der Waals surface area contributed by atoms with E-state index in [0.717, 1.165) is 5.56 Å². The van der Waals surface area contributed by atoms with Crippen LogP contribution in [0.2, 0.25) is 0 Å². The monoisotopic (exact) mass is 536 g/mol. The number of para-hydroxylation sites is 1. The van der Waals surface area contributed by atoms with Crippen LogP contribution in [0.4, 0.5) is 0 Å². The number of rotatable bonds is 9. The number of allylic oxidation sites excluding steroid dienone is 1. The van der Waals surface area contributed by atoms with Crippen molar-refractivity contribution in [3.63, 3.8) is 0 Å².